The maximum absolute atomic E-state index is 10.0. The number of hydrogen-bond donors (Lipinski definition) is 6. The Morgan fingerprint density at radius 1 is 0.724 bits per heavy atom. The zero-order valence-electron chi connectivity index (χ0n) is 16.4. The van der Waals surface area contributed by atoms with Crippen molar-refractivity contribution in [1.82, 2.24) is 0 Å². The van der Waals surface area contributed by atoms with Gasteiger partial charge in [0.2, 0.25) is 0 Å². The van der Waals surface area contributed by atoms with E-state index in [-0.39, 0.29) is 36.2 Å². The monoisotopic (exact) mass is 406 g/mol. The molecule has 0 fully saturated rings. The second kappa shape index (κ2) is 10.9. The first-order chi connectivity index (χ1) is 14.0. The van der Waals surface area contributed by atoms with E-state index in [1.54, 1.807) is 24.3 Å². The quantitative estimate of drug-likeness (QED) is 0.299. The molecule has 0 aliphatic carbocycles. The summed E-state index contributed by atoms with van der Waals surface area (Å²) in [4.78, 5) is 0. The van der Waals surface area contributed by atoms with Crippen LogP contribution in [-0.4, -0.2) is 59.9 Å². The highest BCUT2D eigenvalue weighted by Crippen LogP contribution is 2.31. The van der Waals surface area contributed by atoms with Gasteiger partial charge in [0.25, 0.3) is 0 Å². The van der Waals surface area contributed by atoms with Gasteiger partial charge in [0, 0.05) is 0 Å². The summed E-state index contributed by atoms with van der Waals surface area (Å²) >= 11 is 0. The van der Waals surface area contributed by atoms with Crippen LogP contribution in [0.1, 0.15) is 11.1 Å². The predicted octanol–water partition coefficient (Wildman–Crippen LogP) is 0.529. The summed E-state index contributed by atoms with van der Waals surface area (Å²) in [5.41, 5.74) is 11.8. The van der Waals surface area contributed by atoms with E-state index in [0.29, 0.717) is 25.9 Å². The van der Waals surface area contributed by atoms with E-state index in [1.165, 1.54) is 12.1 Å². The second-order valence-electron chi connectivity index (χ2n) is 7.08. The van der Waals surface area contributed by atoms with E-state index < -0.39 is 18.6 Å². The summed E-state index contributed by atoms with van der Waals surface area (Å²) in [5, 5.41) is 39.8. The van der Waals surface area contributed by atoms with Crippen molar-refractivity contribution in [2.75, 3.05) is 39.5 Å². The van der Waals surface area contributed by atoms with Crippen molar-refractivity contribution >= 4 is 0 Å². The molecule has 8 N–H and O–H groups in total. The highest BCUT2D eigenvalue weighted by molar-refractivity contribution is 5.43. The van der Waals surface area contributed by atoms with Gasteiger partial charge < -0.3 is 41.4 Å². The van der Waals surface area contributed by atoms with Crippen molar-refractivity contribution in [2.24, 2.45) is 16.9 Å². The van der Waals surface area contributed by atoms with E-state index in [0.717, 1.165) is 11.1 Å². The third-order valence-corrected chi connectivity index (χ3v) is 4.65. The molecule has 0 radical (unpaired) electrons. The molecule has 2 aromatic carbocycles. The Kier molecular flexibility index (Phi) is 8.53. The Labute approximate surface area is 170 Å². The first kappa shape index (κ1) is 22.8. The molecule has 0 aromatic heterocycles. The zero-order valence-corrected chi connectivity index (χ0v) is 16.4. The van der Waals surface area contributed by atoms with Crippen molar-refractivity contribution in [1.29, 1.82) is 0 Å². The minimum absolute atomic E-state index is 0.0522. The fourth-order valence-corrected chi connectivity index (χ4v) is 2.73. The van der Waals surface area contributed by atoms with Gasteiger partial charge in [0.15, 0.2) is 23.0 Å². The molecule has 29 heavy (non-hydrogen) atoms. The lowest BCUT2D eigenvalue weighted by atomic mass is 9.92. The maximum atomic E-state index is 10.0. The van der Waals surface area contributed by atoms with Gasteiger partial charge in [-0.25, -0.2) is 0 Å². The Morgan fingerprint density at radius 3 is 1.48 bits per heavy atom. The fraction of sp³-hybridized carbons (Fsp3) is 0.429. The van der Waals surface area contributed by atoms with E-state index in [2.05, 4.69) is 0 Å². The van der Waals surface area contributed by atoms with Gasteiger partial charge in [0.1, 0.15) is 13.2 Å². The summed E-state index contributed by atoms with van der Waals surface area (Å²) in [6.07, 6.45) is 1.26. The predicted molar refractivity (Wildman–Crippen MR) is 109 cm³/mol. The van der Waals surface area contributed by atoms with Gasteiger partial charge in [-0.1, -0.05) is 12.1 Å². The summed E-state index contributed by atoms with van der Waals surface area (Å²) in [5.74, 6) is 0.359. The first-order valence-corrected chi connectivity index (χ1v) is 9.48. The van der Waals surface area contributed by atoms with Gasteiger partial charge in [0.05, 0.1) is 18.6 Å². The Balaban J connectivity index is 2.10. The molecule has 0 aliphatic rings. The van der Waals surface area contributed by atoms with Crippen LogP contribution in [0.15, 0.2) is 36.4 Å². The topological polar surface area (TPSA) is 151 Å². The lowest BCUT2D eigenvalue weighted by Gasteiger charge is -2.29. The van der Waals surface area contributed by atoms with Crippen LogP contribution in [0.3, 0.4) is 0 Å². The molecule has 0 bridgehead atoms. The van der Waals surface area contributed by atoms with E-state index in [1.807, 2.05) is 0 Å². The molecule has 160 valence electrons. The van der Waals surface area contributed by atoms with Gasteiger partial charge >= 0.3 is 0 Å². The summed E-state index contributed by atoms with van der Waals surface area (Å²) in [6, 6.07) is 9.87. The molecule has 0 saturated carbocycles. The van der Waals surface area contributed by atoms with Crippen LogP contribution in [-0.2, 0) is 12.8 Å². The molecular formula is C21H30N2O6. The van der Waals surface area contributed by atoms with Gasteiger partial charge in [-0.3, -0.25) is 0 Å². The Bertz CT molecular complexity index is 718. The summed E-state index contributed by atoms with van der Waals surface area (Å²) in [6.45, 7) is -0.137. The van der Waals surface area contributed by atoms with E-state index in [9.17, 15) is 20.4 Å². The van der Waals surface area contributed by atoms with Gasteiger partial charge in [-0.2, -0.15) is 0 Å². The molecule has 2 aromatic rings. The normalized spacial score (nSPS) is 11.4. The number of ether oxygens (including phenoxy) is 2. The third-order valence-electron chi connectivity index (χ3n) is 4.65. The van der Waals surface area contributed by atoms with Crippen LogP contribution >= 0.6 is 0 Å². The molecule has 8 heteroatoms. The number of nitrogens with two attached hydrogens (primary N) is 2. The molecular weight excluding hydrogens is 376 g/mol. The maximum Gasteiger partial charge on any atom is 0.161 e. The summed E-state index contributed by atoms with van der Waals surface area (Å²) in [7, 11) is 0. The highest BCUT2D eigenvalue weighted by atomic mass is 16.5. The molecule has 0 spiro atoms. The largest absolute Gasteiger partial charge is 0.504 e. The number of rotatable bonds is 12. The second-order valence-corrected chi connectivity index (χ2v) is 7.08. The van der Waals surface area contributed by atoms with Crippen LogP contribution < -0.4 is 20.9 Å². The standard InChI is InChI=1S/C21H30N2O6/c22-7-5-15-1-3-17(26)19(9-15)28-13-21(11-24,12-25)14-29-20-10-16(6-8-23)2-4-18(20)27/h1-4,9-10,24-27H,5-8,11-14,22-23H2. The molecule has 0 amide bonds. The number of aromatic hydroxyl groups is 2. The SMILES string of the molecule is NCCc1ccc(O)c(OCC(CO)(CO)COc2cc(CCN)ccc2O)c1. The van der Waals surface area contributed by atoms with Crippen LogP contribution in [0.5, 0.6) is 23.0 Å². The molecule has 2 rings (SSSR count). The van der Waals surface area contributed by atoms with Crippen LogP contribution in [0.25, 0.3) is 0 Å². The smallest absolute Gasteiger partial charge is 0.161 e. The lowest BCUT2D eigenvalue weighted by Crippen LogP contribution is -2.42. The van der Waals surface area contributed by atoms with Gasteiger partial charge in [-0.15, -0.1) is 0 Å². The number of hydrogen-bond acceptors (Lipinski definition) is 8. The summed E-state index contributed by atoms with van der Waals surface area (Å²) < 4.78 is 11.4. The molecule has 0 aliphatic heterocycles. The average Bonchev–Trinajstić information content (AvgIpc) is 2.73. The fourth-order valence-electron chi connectivity index (χ4n) is 2.73. The number of aliphatic hydroxyl groups is 2. The number of phenols is 2. The minimum Gasteiger partial charge on any atom is -0.504 e. The number of aliphatic hydroxyl groups excluding tert-OH is 2. The van der Waals surface area contributed by atoms with Crippen LogP contribution in [0, 0.1) is 5.41 Å². The van der Waals surface area contributed by atoms with E-state index >= 15 is 0 Å². The van der Waals surface area contributed by atoms with E-state index in [4.69, 9.17) is 20.9 Å². The van der Waals surface area contributed by atoms with Crippen molar-refractivity contribution in [3.63, 3.8) is 0 Å². The van der Waals surface area contributed by atoms with Crippen LogP contribution in [0.2, 0.25) is 0 Å². The molecule has 0 unspecified atom stereocenters. The molecule has 0 heterocycles. The number of phenolic OH excluding ortho intramolecular Hbond substituents is 2. The molecule has 0 atom stereocenters. The molecule has 8 nitrogen and oxygen atoms in total. The van der Waals surface area contributed by atoms with Crippen molar-refractivity contribution < 1.29 is 29.9 Å². The molecule has 0 saturated heterocycles. The lowest BCUT2D eigenvalue weighted by molar-refractivity contribution is -0.0197. The van der Waals surface area contributed by atoms with Crippen molar-refractivity contribution in [3.8, 4) is 23.0 Å². The number of benzene rings is 2. The van der Waals surface area contributed by atoms with Gasteiger partial charge in [-0.05, 0) is 61.3 Å². The van der Waals surface area contributed by atoms with Crippen molar-refractivity contribution in [2.45, 2.75) is 12.8 Å². The highest BCUT2D eigenvalue weighted by Gasteiger charge is 2.32. The average molecular weight is 406 g/mol. The minimum atomic E-state index is -1.15. The Morgan fingerprint density at radius 2 is 1.14 bits per heavy atom. The first-order valence-electron chi connectivity index (χ1n) is 9.48. The Hall–Kier alpha value is -2.52. The third kappa shape index (κ3) is 6.23. The van der Waals surface area contributed by atoms with Crippen molar-refractivity contribution in [3.05, 3.63) is 47.5 Å². The van der Waals surface area contributed by atoms with Crippen LogP contribution in [0.4, 0.5) is 0 Å². The zero-order chi connectivity index (χ0) is 21.3.